The van der Waals surface area contributed by atoms with Crippen molar-refractivity contribution < 1.29 is 29.3 Å². The van der Waals surface area contributed by atoms with Crippen molar-refractivity contribution in [1.82, 2.24) is 0 Å². The summed E-state index contributed by atoms with van der Waals surface area (Å²) in [5, 5.41) is 21.0. The molecule has 6 nitrogen and oxygen atoms in total. The Bertz CT molecular complexity index is 803. The molecule has 0 heterocycles. The van der Waals surface area contributed by atoms with E-state index in [9.17, 15) is 19.8 Å². The van der Waals surface area contributed by atoms with Crippen LogP contribution < -0.4 is 4.74 Å². The van der Waals surface area contributed by atoms with Crippen molar-refractivity contribution in [1.29, 1.82) is 0 Å². The Hall–Kier alpha value is -2.15. The lowest BCUT2D eigenvalue weighted by atomic mass is 9.90. The molecule has 176 valence electrons. The molecule has 1 fully saturated rings. The van der Waals surface area contributed by atoms with Crippen LogP contribution in [-0.4, -0.2) is 46.9 Å². The second-order valence-corrected chi connectivity index (χ2v) is 8.72. The van der Waals surface area contributed by atoms with E-state index >= 15 is 0 Å². The number of hydrogen-bond acceptors (Lipinski definition) is 6. The van der Waals surface area contributed by atoms with Gasteiger partial charge in [0.25, 0.3) is 0 Å². The summed E-state index contributed by atoms with van der Waals surface area (Å²) < 4.78 is 10.6. The number of halogens is 1. The average molecular weight is 465 g/mol. The highest BCUT2D eigenvalue weighted by atomic mass is 35.5. The molecule has 1 aliphatic rings. The van der Waals surface area contributed by atoms with E-state index < -0.39 is 18.1 Å². The van der Waals surface area contributed by atoms with E-state index in [2.05, 4.69) is 0 Å². The van der Waals surface area contributed by atoms with Gasteiger partial charge < -0.3 is 19.7 Å². The largest absolute Gasteiger partial charge is 0.491 e. The number of aliphatic hydroxyl groups excluding tert-OH is 2. The van der Waals surface area contributed by atoms with Gasteiger partial charge in [-0.2, -0.15) is 0 Å². The summed E-state index contributed by atoms with van der Waals surface area (Å²) in [6.45, 7) is 3.68. The number of ketones is 1. The molecule has 1 aromatic rings. The maximum absolute atomic E-state index is 12.3. The van der Waals surface area contributed by atoms with Crippen LogP contribution in [0, 0.1) is 11.8 Å². The third kappa shape index (κ3) is 9.15. The first-order valence-corrected chi connectivity index (χ1v) is 11.4. The van der Waals surface area contributed by atoms with Crippen molar-refractivity contribution >= 4 is 23.4 Å². The molecule has 0 bridgehead atoms. The molecule has 7 heteroatoms. The van der Waals surface area contributed by atoms with Crippen LogP contribution in [-0.2, 0) is 14.3 Å². The van der Waals surface area contributed by atoms with Crippen LogP contribution in [0.2, 0.25) is 5.02 Å². The average Bonchev–Trinajstić information content (AvgIpc) is 2.99. The standard InChI is InChI=1S/C25H33ClO6/c1-17(2)32-25(30)11-6-4-3-5-10-21-22(24(29)15-23(21)28)13-12-19(27)16-31-20-9-7-8-18(26)14-20/h3,5,7-9,12-14,17,19,21-23,27-28H,4,6,10-11,15-16H2,1-2H3/t19-,21-,22+,23-/m1/s1. The molecule has 1 aromatic carbocycles. The quantitative estimate of drug-likeness (QED) is 0.272. The summed E-state index contributed by atoms with van der Waals surface area (Å²) >= 11 is 5.91. The lowest BCUT2D eigenvalue weighted by Gasteiger charge is -2.17. The minimum Gasteiger partial charge on any atom is -0.491 e. The topological polar surface area (TPSA) is 93.1 Å². The van der Waals surface area contributed by atoms with Crippen molar-refractivity contribution in [3.05, 3.63) is 53.6 Å². The fraction of sp³-hybridized carbons (Fsp3) is 0.520. The molecular formula is C25H33ClO6. The predicted octanol–water partition coefficient (Wildman–Crippen LogP) is 4.27. The van der Waals surface area contributed by atoms with Gasteiger partial charge in [0, 0.05) is 29.7 Å². The number of ether oxygens (including phenoxy) is 2. The second kappa shape index (κ2) is 13.4. The second-order valence-electron chi connectivity index (χ2n) is 8.29. The summed E-state index contributed by atoms with van der Waals surface area (Å²) in [5.41, 5.74) is 0. The lowest BCUT2D eigenvalue weighted by Crippen LogP contribution is -2.20. The van der Waals surface area contributed by atoms with Crippen molar-refractivity contribution in [2.24, 2.45) is 11.8 Å². The minimum atomic E-state index is -0.888. The zero-order chi connectivity index (χ0) is 23.5. The van der Waals surface area contributed by atoms with E-state index in [-0.39, 0.29) is 36.8 Å². The third-order valence-electron chi connectivity index (χ3n) is 5.19. The van der Waals surface area contributed by atoms with Crippen LogP contribution in [0.25, 0.3) is 0 Å². The first-order valence-electron chi connectivity index (χ1n) is 11.1. The summed E-state index contributed by atoms with van der Waals surface area (Å²) in [7, 11) is 0. The summed E-state index contributed by atoms with van der Waals surface area (Å²) in [6, 6.07) is 6.89. The summed E-state index contributed by atoms with van der Waals surface area (Å²) in [6.07, 6.45) is 7.88. The van der Waals surface area contributed by atoms with Crippen molar-refractivity contribution in [3.8, 4) is 5.75 Å². The molecule has 0 saturated heterocycles. The van der Waals surface area contributed by atoms with E-state index in [0.717, 1.165) is 6.42 Å². The number of carbonyl (C=O) groups excluding carboxylic acids is 2. The van der Waals surface area contributed by atoms with Gasteiger partial charge in [0.2, 0.25) is 0 Å². The van der Waals surface area contributed by atoms with E-state index in [1.807, 2.05) is 26.0 Å². The molecule has 0 aliphatic heterocycles. The maximum Gasteiger partial charge on any atom is 0.306 e. The van der Waals surface area contributed by atoms with Gasteiger partial charge in [0.1, 0.15) is 24.2 Å². The van der Waals surface area contributed by atoms with E-state index in [4.69, 9.17) is 21.1 Å². The Balaban J connectivity index is 1.79. The normalized spacial score (nSPS) is 22.2. The van der Waals surface area contributed by atoms with Gasteiger partial charge in [-0.15, -0.1) is 0 Å². The highest BCUT2D eigenvalue weighted by Gasteiger charge is 2.39. The molecule has 1 saturated carbocycles. The Morgan fingerprint density at radius 1 is 1.31 bits per heavy atom. The molecule has 2 N–H and O–H groups in total. The zero-order valence-corrected chi connectivity index (χ0v) is 19.4. The van der Waals surface area contributed by atoms with Gasteiger partial charge in [0.15, 0.2) is 0 Å². The number of aliphatic hydroxyl groups is 2. The number of unbranched alkanes of at least 4 members (excludes halogenated alkanes) is 1. The Morgan fingerprint density at radius 2 is 2.09 bits per heavy atom. The van der Waals surface area contributed by atoms with Gasteiger partial charge in [-0.3, -0.25) is 9.59 Å². The van der Waals surface area contributed by atoms with Crippen LogP contribution in [0.5, 0.6) is 5.75 Å². The number of benzene rings is 1. The molecule has 2 rings (SSSR count). The highest BCUT2D eigenvalue weighted by Crippen LogP contribution is 2.33. The predicted molar refractivity (Wildman–Crippen MR) is 124 cm³/mol. The molecule has 0 unspecified atom stereocenters. The fourth-order valence-electron chi connectivity index (χ4n) is 3.62. The van der Waals surface area contributed by atoms with Gasteiger partial charge >= 0.3 is 5.97 Å². The minimum absolute atomic E-state index is 0.0319. The number of hydrogen-bond donors (Lipinski definition) is 2. The van der Waals surface area contributed by atoms with Crippen LogP contribution in [0.3, 0.4) is 0 Å². The highest BCUT2D eigenvalue weighted by molar-refractivity contribution is 6.30. The molecule has 4 atom stereocenters. The number of allylic oxidation sites excluding steroid dienone is 3. The number of Topliss-reactive ketones (excluding diaryl/α,β-unsaturated/α-hetero) is 1. The van der Waals surface area contributed by atoms with Crippen LogP contribution in [0.4, 0.5) is 0 Å². The van der Waals surface area contributed by atoms with Gasteiger partial charge in [-0.05, 0) is 51.3 Å². The summed E-state index contributed by atoms with van der Waals surface area (Å²) in [5.74, 6) is -0.365. The van der Waals surface area contributed by atoms with Crippen LogP contribution in [0.1, 0.15) is 46.0 Å². The fourth-order valence-corrected chi connectivity index (χ4v) is 3.80. The van der Waals surface area contributed by atoms with Gasteiger partial charge in [-0.1, -0.05) is 42.0 Å². The Kier molecular flexibility index (Phi) is 10.9. The van der Waals surface area contributed by atoms with Crippen molar-refractivity contribution in [3.63, 3.8) is 0 Å². The molecule has 0 aromatic heterocycles. The number of carbonyl (C=O) groups is 2. The molecule has 1 aliphatic carbocycles. The number of esters is 1. The molecular weight excluding hydrogens is 432 g/mol. The van der Waals surface area contributed by atoms with Crippen molar-refractivity contribution in [2.45, 2.75) is 64.3 Å². The summed E-state index contributed by atoms with van der Waals surface area (Å²) in [4.78, 5) is 23.8. The molecule has 0 radical (unpaired) electrons. The smallest absolute Gasteiger partial charge is 0.306 e. The van der Waals surface area contributed by atoms with Crippen molar-refractivity contribution in [2.75, 3.05) is 6.61 Å². The first kappa shape index (κ1) is 26.1. The van der Waals surface area contributed by atoms with Crippen LogP contribution >= 0.6 is 11.6 Å². The van der Waals surface area contributed by atoms with E-state index in [0.29, 0.717) is 30.0 Å². The first-order chi connectivity index (χ1) is 15.3. The molecule has 0 spiro atoms. The van der Waals surface area contributed by atoms with Gasteiger partial charge in [0.05, 0.1) is 12.2 Å². The zero-order valence-electron chi connectivity index (χ0n) is 18.7. The number of rotatable bonds is 12. The van der Waals surface area contributed by atoms with Crippen LogP contribution in [0.15, 0.2) is 48.6 Å². The third-order valence-corrected chi connectivity index (χ3v) is 5.42. The Morgan fingerprint density at radius 3 is 2.81 bits per heavy atom. The van der Waals surface area contributed by atoms with E-state index in [1.165, 1.54) is 0 Å². The van der Waals surface area contributed by atoms with E-state index in [1.54, 1.807) is 36.4 Å². The van der Waals surface area contributed by atoms with Gasteiger partial charge in [-0.25, -0.2) is 0 Å². The lowest BCUT2D eigenvalue weighted by molar-refractivity contribution is -0.147. The SMILES string of the molecule is CC(C)OC(=O)CCCC=CC[C@H]1[C@H](O)CC(=O)[C@H]1C=C[C@@H](O)COc1cccc(Cl)c1. The monoisotopic (exact) mass is 464 g/mol. The molecule has 0 amide bonds. The maximum atomic E-state index is 12.3. The Labute approximate surface area is 194 Å². The molecule has 32 heavy (non-hydrogen) atoms.